The summed E-state index contributed by atoms with van der Waals surface area (Å²) in [6.45, 7) is 2.97. The Labute approximate surface area is 108 Å². The van der Waals surface area contributed by atoms with Gasteiger partial charge in [-0.05, 0) is 38.9 Å². The number of anilines is 1. The lowest BCUT2D eigenvalue weighted by Gasteiger charge is -2.29. The fraction of sp³-hybridized carbons (Fsp3) is 0.571. The molecule has 0 radical (unpaired) electrons. The molecule has 1 aromatic carbocycles. The summed E-state index contributed by atoms with van der Waals surface area (Å²) in [6.07, 6.45) is 2.02. The highest BCUT2D eigenvalue weighted by atomic mass is 19.1. The quantitative estimate of drug-likeness (QED) is 0.861. The van der Waals surface area contributed by atoms with Crippen molar-refractivity contribution >= 4 is 5.69 Å². The van der Waals surface area contributed by atoms with Crippen LogP contribution in [0.4, 0.5) is 10.1 Å². The average Bonchev–Trinajstić information content (AvgIpc) is 2.85. The van der Waals surface area contributed by atoms with E-state index in [2.05, 4.69) is 10.2 Å². The van der Waals surface area contributed by atoms with Crippen molar-refractivity contribution in [3.63, 3.8) is 0 Å². The summed E-state index contributed by atoms with van der Waals surface area (Å²) in [7, 11) is 1.83. The molecule has 1 heterocycles. The molecule has 0 bridgehead atoms. The number of hydrogen-bond acceptors (Lipinski definition) is 3. The predicted molar refractivity (Wildman–Crippen MR) is 71.3 cm³/mol. The first-order valence-corrected chi connectivity index (χ1v) is 6.52. The van der Waals surface area contributed by atoms with Crippen LogP contribution in [0, 0.1) is 5.82 Å². The van der Waals surface area contributed by atoms with Crippen molar-refractivity contribution in [3.05, 3.63) is 29.6 Å². The Balaban J connectivity index is 2.40. The maximum absolute atomic E-state index is 14.0. The van der Waals surface area contributed by atoms with Gasteiger partial charge in [-0.25, -0.2) is 4.39 Å². The minimum absolute atomic E-state index is 0.0406. The molecule has 2 unspecified atom stereocenters. The Bertz CT molecular complexity index is 411. The summed E-state index contributed by atoms with van der Waals surface area (Å²) in [5.41, 5.74) is 1.61. The highest BCUT2D eigenvalue weighted by molar-refractivity contribution is 5.57. The van der Waals surface area contributed by atoms with E-state index in [1.807, 2.05) is 20.0 Å². The number of halogens is 1. The molecule has 18 heavy (non-hydrogen) atoms. The Hall–Kier alpha value is -1.13. The standard InChI is InChI=1S/C14H21FN2O/c1-10(16-2)14-12(15)6-3-7-13(14)17-8-4-5-11(17)9-18/h3,6-7,10-11,16,18H,4-5,8-9H2,1-2H3. The normalized spacial score (nSPS) is 21.3. The van der Waals surface area contributed by atoms with Crippen LogP contribution in [0.1, 0.15) is 31.4 Å². The van der Waals surface area contributed by atoms with Gasteiger partial charge in [0.2, 0.25) is 0 Å². The van der Waals surface area contributed by atoms with Crippen LogP contribution in [0.2, 0.25) is 0 Å². The number of rotatable bonds is 4. The number of benzene rings is 1. The third kappa shape index (κ3) is 2.35. The third-order valence-electron chi connectivity index (χ3n) is 3.79. The zero-order valence-corrected chi connectivity index (χ0v) is 11.0. The largest absolute Gasteiger partial charge is 0.394 e. The maximum atomic E-state index is 14.0. The predicted octanol–water partition coefficient (Wildman–Crippen LogP) is 2.07. The molecule has 2 atom stereocenters. The molecule has 1 aliphatic heterocycles. The zero-order chi connectivity index (χ0) is 13.1. The van der Waals surface area contributed by atoms with E-state index in [0.29, 0.717) is 5.56 Å². The van der Waals surface area contributed by atoms with Crippen LogP contribution >= 0.6 is 0 Å². The van der Waals surface area contributed by atoms with E-state index >= 15 is 0 Å². The molecule has 0 amide bonds. The average molecular weight is 252 g/mol. The SMILES string of the molecule is CNC(C)c1c(F)cccc1N1CCCC1CO. The van der Waals surface area contributed by atoms with Crippen LogP contribution in [-0.2, 0) is 0 Å². The first kappa shape index (κ1) is 13.3. The van der Waals surface area contributed by atoms with Crippen LogP contribution in [0.3, 0.4) is 0 Å². The van der Waals surface area contributed by atoms with Gasteiger partial charge >= 0.3 is 0 Å². The van der Waals surface area contributed by atoms with Crippen molar-refractivity contribution in [1.82, 2.24) is 5.32 Å². The van der Waals surface area contributed by atoms with Gasteiger partial charge < -0.3 is 15.3 Å². The zero-order valence-electron chi connectivity index (χ0n) is 11.0. The van der Waals surface area contributed by atoms with Crippen LogP contribution in [0.15, 0.2) is 18.2 Å². The first-order chi connectivity index (χ1) is 8.69. The van der Waals surface area contributed by atoms with E-state index in [0.717, 1.165) is 25.1 Å². The summed E-state index contributed by atoms with van der Waals surface area (Å²) < 4.78 is 14.0. The van der Waals surface area contributed by atoms with Crippen LogP contribution < -0.4 is 10.2 Å². The molecular formula is C14H21FN2O. The molecule has 4 heteroatoms. The van der Waals surface area contributed by atoms with Crippen LogP contribution in [0.5, 0.6) is 0 Å². The van der Waals surface area contributed by atoms with E-state index in [4.69, 9.17) is 0 Å². The summed E-state index contributed by atoms with van der Waals surface area (Å²) in [4.78, 5) is 2.13. The molecule has 2 rings (SSSR count). The second-order valence-corrected chi connectivity index (χ2v) is 4.86. The number of nitrogens with zero attached hydrogens (tertiary/aromatic N) is 1. The number of hydrogen-bond donors (Lipinski definition) is 2. The summed E-state index contributed by atoms with van der Waals surface area (Å²) in [6, 6.07) is 5.26. The molecule has 100 valence electrons. The lowest BCUT2D eigenvalue weighted by atomic mass is 10.0. The highest BCUT2D eigenvalue weighted by Crippen LogP contribution is 2.33. The lowest BCUT2D eigenvalue weighted by Crippen LogP contribution is -2.33. The fourth-order valence-corrected chi connectivity index (χ4v) is 2.69. The monoisotopic (exact) mass is 252 g/mol. The van der Waals surface area contributed by atoms with Gasteiger partial charge in [0, 0.05) is 23.8 Å². The molecular weight excluding hydrogens is 231 g/mol. The van der Waals surface area contributed by atoms with Gasteiger partial charge in [0.05, 0.1) is 12.6 Å². The van der Waals surface area contributed by atoms with Gasteiger partial charge in [-0.3, -0.25) is 0 Å². The Morgan fingerprint density at radius 3 is 3.00 bits per heavy atom. The van der Waals surface area contributed by atoms with E-state index in [1.54, 1.807) is 6.07 Å². The van der Waals surface area contributed by atoms with Gasteiger partial charge in [0.25, 0.3) is 0 Å². The van der Waals surface area contributed by atoms with E-state index in [9.17, 15) is 9.50 Å². The Kier molecular flexibility index (Phi) is 4.19. The third-order valence-corrected chi connectivity index (χ3v) is 3.79. The fourth-order valence-electron chi connectivity index (χ4n) is 2.69. The second-order valence-electron chi connectivity index (χ2n) is 4.86. The van der Waals surface area contributed by atoms with E-state index in [-0.39, 0.29) is 24.5 Å². The van der Waals surface area contributed by atoms with Crippen molar-refractivity contribution in [3.8, 4) is 0 Å². The van der Waals surface area contributed by atoms with Gasteiger partial charge in [-0.1, -0.05) is 6.07 Å². The van der Waals surface area contributed by atoms with E-state index < -0.39 is 0 Å². The first-order valence-electron chi connectivity index (χ1n) is 6.52. The molecule has 0 saturated carbocycles. The maximum Gasteiger partial charge on any atom is 0.130 e. The van der Waals surface area contributed by atoms with Crippen molar-refractivity contribution in [1.29, 1.82) is 0 Å². The van der Waals surface area contributed by atoms with Gasteiger partial charge in [0.1, 0.15) is 5.82 Å². The Morgan fingerprint density at radius 2 is 2.33 bits per heavy atom. The molecule has 1 aromatic rings. The van der Waals surface area contributed by atoms with Crippen molar-refractivity contribution in [2.24, 2.45) is 0 Å². The number of nitrogens with one attached hydrogen (secondary N) is 1. The van der Waals surface area contributed by atoms with Gasteiger partial charge in [0.15, 0.2) is 0 Å². The van der Waals surface area contributed by atoms with Crippen molar-refractivity contribution < 1.29 is 9.50 Å². The number of aliphatic hydroxyl groups excluding tert-OH is 1. The molecule has 0 aromatic heterocycles. The molecule has 1 saturated heterocycles. The minimum atomic E-state index is -0.182. The molecule has 0 aliphatic carbocycles. The molecule has 1 aliphatic rings. The minimum Gasteiger partial charge on any atom is -0.394 e. The molecule has 1 fully saturated rings. The van der Waals surface area contributed by atoms with Gasteiger partial charge in [-0.2, -0.15) is 0 Å². The summed E-state index contributed by atoms with van der Waals surface area (Å²) in [5.74, 6) is -0.182. The summed E-state index contributed by atoms with van der Waals surface area (Å²) >= 11 is 0. The van der Waals surface area contributed by atoms with Crippen LogP contribution in [0.25, 0.3) is 0 Å². The molecule has 3 nitrogen and oxygen atoms in total. The smallest absolute Gasteiger partial charge is 0.130 e. The Morgan fingerprint density at radius 1 is 1.56 bits per heavy atom. The number of aliphatic hydroxyl groups is 1. The van der Waals surface area contributed by atoms with Crippen molar-refractivity contribution in [2.75, 3.05) is 25.1 Å². The van der Waals surface area contributed by atoms with Crippen molar-refractivity contribution in [2.45, 2.75) is 31.8 Å². The second kappa shape index (κ2) is 5.67. The van der Waals surface area contributed by atoms with Crippen LogP contribution in [-0.4, -0.2) is 31.3 Å². The highest BCUT2D eigenvalue weighted by Gasteiger charge is 2.27. The molecule has 0 spiro atoms. The lowest BCUT2D eigenvalue weighted by molar-refractivity contribution is 0.266. The van der Waals surface area contributed by atoms with E-state index in [1.165, 1.54) is 6.07 Å². The topological polar surface area (TPSA) is 35.5 Å². The van der Waals surface area contributed by atoms with Gasteiger partial charge in [-0.15, -0.1) is 0 Å². The summed E-state index contributed by atoms with van der Waals surface area (Å²) in [5, 5.41) is 12.5. The molecule has 2 N–H and O–H groups in total.